The number of anilines is 7. The first-order valence-electron chi connectivity index (χ1n) is 23.5. The van der Waals surface area contributed by atoms with Gasteiger partial charge in [0.1, 0.15) is 40.1 Å². The number of H-pyrrole nitrogens is 2. The van der Waals surface area contributed by atoms with E-state index in [1.165, 1.54) is 83.4 Å². The van der Waals surface area contributed by atoms with Gasteiger partial charge in [-0.05, 0) is 126 Å². The zero-order valence-corrected chi connectivity index (χ0v) is 38.0. The van der Waals surface area contributed by atoms with Crippen molar-refractivity contribution in [1.29, 1.82) is 0 Å². The van der Waals surface area contributed by atoms with Crippen molar-refractivity contribution in [3.8, 4) is 0 Å². The lowest BCUT2D eigenvalue weighted by Gasteiger charge is -2.28. The number of nitrogens with two attached hydrogens (primary N) is 3. The third-order valence-electron chi connectivity index (χ3n) is 12.0. The maximum absolute atomic E-state index is 10.6. The number of nitrogen functional groups attached to an aromatic ring is 3. The van der Waals surface area contributed by atoms with E-state index in [9.17, 15) is 10.1 Å². The van der Waals surface area contributed by atoms with Crippen LogP contribution in [0.5, 0.6) is 0 Å². The van der Waals surface area contributed by atoms with E-state index < -0.39 is 4.92 Å². The molecule has 0 unspecified atom stereocenters. The van der Waals surface area contributed by atoms with Crippen LogP contribution < -0.4 is 47.4 Å². The van der Waals surface area contributed by atoms with Crippen LogP contribution in [0.1, 0.15) is 107 Å². The number of piperidine rings is 4. The first kappa shape index (κ1) is 57.6. The molecule has 11 heterocycles. The Balaban J connectivity index is 0.000000233. The maximum atomic E-state index is 10.6. The normalized spacial score (nSPS) is 16.5. The standard InChI is InChI=1S/C10H13N5.C10H14N4O2.C10H16N4.C9H12N6.C5H11N.4CH4/c1-2-6-15(7-3-1)9-5-4-8-10(11-9)13-14-12-8;11-10-8(14(15)16)4-5-9(12-10)13-6-2-1-3-7-13;11-8-4-5-9(13-10(8)12)14-6-2-1-3-7-14;1-2-8(15-5-3-10-4-6-15)11-9-7(1)12-14-13-9;1-2-4-6-5-3-1;;;;/h4-5H,1-3,6-7H2,(H,11,12,13,14);4-5H,1-3,6-7H2,(H2,11,12);4-5H,1-3,6-7,11H2,(H2,12,13);1-2,10H,3-6H2,(H,11,12,13,14);6H,1-5H2;4*1H4. The van der Waals surface area contributed by atoms with Gasteiger partial charge in [-0.2, -0.15) is 20.6 Å². The van der Waals surface area contributed by atoms with Crippen LogP contribution in [0.2, 0.25) is 0 Å². The van der Waals surface area contributed by atoms with E-state index in [0.717, 1.165) is 113 Å². The summed E-state index contributed by atoms with van der Waals surface area (Å²) in [6.07, 6.45) is 15.4. The minimum absolute atomic E-state index is 0. The van der Waals surface area contributed by atoms with Gasteiger partial charge in [0.15, 0.2) is 0 Å². The van der Waals surface area contributed by atoms with Crippen molar-refractivity contribution in [2.75, 3.05) is 115 Å². The number of fused-ring (bicyclic) bond motifs is 2. The number of nitro groups is 1. The summed E-state index contributed by atoms with van der Waals surface area (Å²) >= 11 is 0. The number of aromatic nitrogens is 10. The van der Waals surface area contributed by atoms with Crippen molar-refractivity contribution in [2.24, 2.45) is 0 Å². The molecule has 0 amide bonds. The van der Waals surface area contributed by atoms with Crippen LogP contribution in [0.25, 0.3) is 22.3 Å². The van der Waals surface area contributed by atoms with E-state index in [1.807, 2.05) is 36.4 Å². The summed E-state index contributed by atoms with van der Waals surface area (Å²) < 4.78 is 0. The molecular formula is C48H82N20O2. The second-order valence-electron chi connectivity index (χ2n) is 16.8. The Morgan fingerprint density at radius 2 is 0.800 bits per heavy atom. The minimum atomic E-state index is -0.512. The molecule has 22 heteroatoms. The molecule has 0 bridgehead atoms. The molecule has 0 atom stereocenters. The average molecular weight is 971 g/mol. The number of pyridine rings is 4. The van der Waals surface area contributed by atoms with E-state index >= 15 is 0 Å². The third kappa shape index (κ3) is 16.8. The van der Waals surface area contributed by atoms with Gasteiger partial charge in [-0.1, -0.05) is 36.1 Å². The fourth-order valence-corrected chi connectivity index (χ4v) is 8.31. The highest BCUT2D eigenvalue weighted by molar-refractivity contribution is 5.72. The van der Waals surface area contributed by atoms with Gasteiger partial charge in [0.2, 0.25) is 17.1 Å². The molecule has 0 aliphatic carbocycles. The Morgan fingerprint density at radius 1 is 0.429 bits per heavy atom. The second-order valence-corrected chi connectivity index (χ2v) is 16.8. The quantitative estimate of drug-likeness (QED) is 0.0663. The SMILES string of the molecule is C.C.C.C.C1CCNCC1.Nc1ccc(N2CCCCC2)nc1N.Nc1nc(N2CCCCC2)ccc1[N+](=O)[O-].c1cc2n[nH]nc2nc1N1CCCCC1.c1cc2n[nH]nc2nc1N1CCNCC1. The molecular weight excluding hydrogens is 889 g/mol. The molecule has 0 radical (unpaired) electrons. The summed E-state index contributed by atoms with van der Waals surface area (Å²) in [5.74, 6) is 4.13. The van der Waals surface area contributed by atoms with Gasteiger partial charge in [-0.25, -0.2) is 19.9 Å². The number of nitrogens with one attached hydrogen (secondary N) is 4. The molecule has 0 aromatic carbocycles. The maximum Gasteiger partial charge on any atom is 0.311 e. The predicted molar refractivity (Wildman–Crippen MR) is 289 cm³/mol. The van der Waals surface area contributed by atoms with E-state index in [0.29, 0.717) is 22.8 Å². The van der Waals surface area contributed by atoms with Gasteiger partial charge in [-0.3, -0.25) is 10.1 Å². The summed E-state index contributed by atoms with van der Waals surface area (Å²) in [5.41, 5.74) is 20.3. The van der Waals surface area contributed by atoms with Crippen LogP contribution in [-0.2, 0) is 0 Å². The lowest BCUT2D eigenvalue weighted by Crippen LogP contribution is -2.43. The van der Waals surface area contributed by atoms with Crippen molar-refractivity contribution in [3.63, 3.8) is 0 Å². The molecule has 5 aliphatic rings. The zero-order valence-electron chi connectivity index (χ0n) is 38.0. The number of piperazine rings is 1. The van der Waals surface area contributed by atoms with E-state index in [-0.39, 0.29) is 41.2 Å². The Kier molecular flexibility index (Phi) is 24.7. The highest BCUT2D eigenvalue weighted by atomic mass is 16.6. The second kappa shape index (κ2) is 30.0. The molecule has 0 spiro atoms. The number of hydrogen-bond acceptors (Lipinski definition) is 19. The van der Waals surface area contributed by atoms with Gasteiger partial charge in [-0.15, -0.1) is 10.2 Å². The highest BCUT2D eigenvalue weighted by Crippen LogP contribution is 2.25. The molecule has 11 rings (SSSR count). The average Bonchev–Trinajstić information content (AvgIpc) is 4.07. The van der Waals surface area contributed by atoms with Crippen LogP contribution in [0, 0.1) is 10.1 Å². The first-order chi connectivity index (χ1) is 32.3. The monoisotopic (exact) mass is 971 g/mol. The Labute approximate surface area is 414 Å². The summed E-state index contributed by atoms with van der Waals surface area (Å²) in [7, 11) is 0. The Hall–Kier alpha value is -6.68. The summed E-state index contributed by atoms with van der Waals surface area (Å²) in [4.78, 5) is 36.3. The van der Waals surface area contributed by atoms with Gasteiger partial charge in [0, 0.05) is 71.5 Å². The van der Waals surface area contributed by atoms with Gasteiger partial charge in [0.25, 0.3) is 0 Å². The molecule has 10 N–H and O–H groups in total. The van der Waals surface area contributed by atoms with Crippen LogP contribution >= 0.6 is 0 Å². The van der Waals surface area contributed by atoms with Crippen LogP contribution in [0.15, 0.2) is 48.5 Å². The lowest BCUT2D eigenvalue weighted by molar-refractivity contribution is -0.384. The molecule has 6 aromatic heterocycles. The van der Waals surface area contributed by atoms with E-state index in [2.05, 4.69) is 81.0 Å². The summed E-state index contributed by atoms with van der Waals surface area (Å²) in [6, 6.07) is 14.8. The molecule has 70 heavy (non-hydrogen) atoms. The Morgan fingerprint density at radius 3 is 1.19 bits per heavy atom. The zero-order chi connectivity index (χ0) is 45.9. The van der Waals surface area contributed by atoms with Crippen molar-refractivity contribution in [1.82, 2.24) is 61.4 Å². The van der Waals surface area contributed by atoms with Gasteiger partial charge in [0.05, 0.1) is 10.6 Å². The number of hydrogen-bond donors (Lipinski definition) is 7. The predicted octanol–water partition coefficient (Wildman–Crippen LogP) is 7.21. The molecule has 386 valence electrons. The highest BCUT2D eigenvalue weighted by Gasteiger charge is 2.18. The lowest BCUT2D eigenvalue weighted by atomic mass is 10.1. The number of rotatable bonds is 5. The van der Waals surface area contributed by atoms with Gasteiger partial charge >= 0.3 is 5.69 Å². The largest absolute Gasteiger partial charge is 0.396 e. The number of aromatic amines is 2. The molecule has 5 fully saturated rings. The first-order valence-corrected chi connectivity index (χ1v) is 23.5. The van der Waals surface area contributed by atoms with Crippen molar-refractivity contribution < 1.29 is 4.92 Å². The smallest absolute Gasteiger partial charge is 0.311 e. The number of nitrogens with zero attached hydrogens (tertiary/aromatic N) is 13. The Bertz CT molecular complexity index is 2280. The topological polar surface area (TPSA) is 293 Å². The summed E-state index contributed by atoms with van der Waals surface area (Å²) in [6.45, 7) is 12.8. The van der Waals surface area contributed by atoms with Crippen molar-refractivity contribution in [2.45, 2.75) is 107 Å². The minimum Gasteiger partial charge on any atom is -0.396 e. The fourth-order valence-electron chi connectivity index (χ4n) is 8.31. The van der Waals surface area contributed by atoms with Gasteiger partial charge < -0.3 is 47.4 Å². The molecule has 6 aromatic rings. The summed E-state index contributed by atoms with van der Waals surface area (Å²) in [5, 5.41) is 38.3. The van der Waals surface area contributed by atoms with Crippen molar-refractivity contribution >= 4 is 68.6 Å². The molecule has 5 aliphatic heterocycles. The molecule has 22 nitrogen and oxygen atoms in total. The van der Waals surface area contributed by atoms with Crippen molar-refractivity contribution in [3.05, 3.63) is 58.6 Å². The molecule has 0 saturated carbocycles. The molecule has 5 saturated heterocycles. The van der Waals surface area contributed by atoms with Crippen LogP contribution in [0.3, 0.4) is 0 Å². The van der Waals surface area contributed by atoms with E-state index in [4.69, 9.17) is 17.2 Å². The van der Waals surface area contributed by atoms with Crippen LogP contribution in [0.4, 0.5) is 46.3 Å². The van der Waals surface area contributed by atoms with Crippen LogP contribution in [-0.4, -0.2) is 134 Å². The third-order valence-corrected chi connectivity index (χ3v) is 12.0. The fraction of sp³-hybridized carbons (Fsp3) is 0.583. The van der Waals surface area contributed by atoms with E-state index in [1.54, 1.807) is 6.07 Å².